The predicted molar refractivity (Wildman–Crippen MR) is 113 cm³/mol. The summed E-state index contributed by atoms with van der Waals surface area (Å²) in [6, 6.07) is 10.1. The van der Waals surface area contributed by atoms with E-state index in [2.05, 4.69) is 25.7 Å². The van der Waals surface area contributed by atoms with Gasteiger partial charge in [-0.3, -0.25) is 4.79 Å². The Balaban J connectivity index is 1.48. The summed E-state index contributed by atoms with van der Waals surface area (Å²) in [4.78, 5) is 12.7. The van der Waals surface area contributed by atoms with Crippen LogP contribution in [-0.4, -0.2) is 18.5 Å². The first-order chi connectivity index (χ1) is 13.6. The van der Waals surface area contributed by atoms with E-state index < -0.39 is 0 Å². The molecule has 150 valence electrons. The normalized spacial score (nSPS) is 32.4. The number of rotatable bonds is 4. The van der Waals surface area contributed by atoms with E-state index in [9.17, 15) is 4.79 Å². The Morgan fingerprint density at radius 1 is 1.11 bits per heavy atom. The Bertz CT molecular complexity index is 737. The van der Waals surface area contributed by atoms with Crippen LogP contribution in [0, 0.1) is 40.9 Å². The van der Waals surface area contributed by atoms with Crippen LogP contribution in [-0.2, 0) is 9.53 Å². The fourth-order valence-corrected chi connectivity index (χ4v) is 5.83. The van der Waals surface area contributed by atoms with Gasteiger partial charge in [-0.2, -0.15) is 0 Å². The zero-order chi connectivity index (χ0) is 19.6. The molecule has 1 aromatic carbocycles. The van der Waals surface area contributed by atoms with Gasteiger partial charge >= 0.3 is 0 Å². The minimum Gasteiger partial charge on any atom is -0.364 e. The molecule has 0 amide bonds. The van der Waals surface area contributed by atoms with E-state index in [1.807, 2.05) is 30.3 Å². The lowest BCUT2D eigenvalue weighted by Crippen LogP contribution is -2.53. The third-order valence-electron chi connectivity index (χ3n) is 7.84. The zero-order valence-electron chi connectivity index (χ0n) is 17.5. The molecule has 1 aromatic rings. The Labute approximate surface area is 170 Å². The maximum atomic E-state index is 12.7. The summed E-state index contributed by atoms with van der Waals surface area (Å²) in [5.41, 5.74) is 1.47. The molecule has 4 saturated carbocycles. The molecule has 2 nitrogen and oxygen atoms in total. The summed E-state index contributed by atoms with van der Waals surface area (Å²) in [7, 11) is 0. The van der Waals surface area contributed by atoms with Crippen molar-refractivity contribution < 1.29 is 9.53 Å². The van der Waals surface area contributed by atoms with E-state index in [1.54, 1.807) is 0 Å². The molecule has 4 aliphatic rings. The van der Waals surface area contributed by atoms with Crippen LogP contribution in [0.5, 0.6) is 0 Å². The average molecular weight is 379 g/mol. The third-order valence-corrected chi connectivity index (χ3v) is 7.84. The highest BCUT2D eigenvalue weighted by Gasteiger charge is 2.54. The van der Waals surface area contributed by atoms with Gasteiger partial charge < -0.3 is 4.74 Å². The summed E-state index contributed by atoms with van der Waals surface area (Å²) in [6.07, 6.45) is 8.62. The van der Waals surface area contributed by atoms with Gasteiger partial charge in [0.1, 0.15) is 11.9 Å². The third kappa shape index (κ3) is 4.06. The summed E-state index contributed by atoms with van der Waals surface area (Å²) in [5.74, 6) is 9.26. The fraction of sp³-hybridized carbons (Fsp3) is 0.654. The predicted octanol–water partition coefficient (Wildman–Crippen LogP) is 5.65. The highest BCUT2D eigenvalue weighted by Crippen LogP contribution is 2.61. The Morgan fingerprint density at radius 2 is 1.93 bits per heavy atom. The quantitative estimate of drug-likeness (QED) is 0.500. The van der Waals surface area contributed by atoms with Crippen LogP contribution in [0.4, 0.5) is 0 Å². The minimum absolute atomic E-state index is 0.0514. The van der Waals surface area contributed by atoms with Gasteiger partial charge in [0.05, 0.1) is 12.5 Å². The standard InChI is InChI=1S/C26H34O2/c1-26(2)21-15-14-20(23(26)17-21)18-28-25(16-13-19-9-5-3-6-10-19)22-11-7-4-8-12-24(22)27/h3,5-6,9-10,20-23,25H,4,7-8,11-12,14-15,17-18H2,1-2H3/t20-,21+,22+,23+,25+/m0/s1. The molecule has 2 heteroatoms. The lowest BCUT2D eigenvalue weighted by molar-refractivity contribution is -0.137. The molecule has 4 aliphatic carbocycles. The van der Waals surface area contributed by atoms with E-state index in [1.165, 1.54) is 19.3 Å². The fourth-order valence-electron chi connectivity index (χ4n) is 5.83. The molecule has 0 N–H and O–H groups in total. The first-order valence-corrected chi connectivity index (χ1v) is 11.3. The van der Waals surface area contributed by atoms with Crippen molar-refractivity contribution in [1.29, 1.82) is 0 Å². The molecule has 0 aliphatic heterocycles. The average Bonchev–Trinajstić information content (AvgIpc) is 2.93. The second-order valence-electron chi connectivity index (χ2n) is 9.76. The Hall–Kier alpha value is -1.59. The van der Waals surface area contributed by atoms with Crippen molar-refractivity contribution >= 4 is 5.78 Å². The van der Waals surface area contributed by atoms with Gasteiger partial charge in [-0.1, -0.05) is 56.7 Å². The number of carbonyl (C=O) groups excluding carboxylic acids is 1. The molecule has 4 fully saturated rings. The number of ether oxygens (including phenoxy) is 1. The molecular formula is C26H34O2. The SMILES string of the molecule is CC1(C)[C@@H]2CC[C@@H](CO[C@H](C#Cc3ccccc3)[C@@H]3CCCCCC3=O)[C@H]1C2. The first kappa shape index (κ1) is 19.7. The summed E-state index contributed by atoms with van der Waals surface area (Å²) in [5, 5.41) is 0. The molecule has 0 aromatic heterocycles. The van der Waals surface area contributed by atoms with E-state index in [0.29, 0.717) is 23.5 Å². The maximum Gasteiger partial charge on any atom is 0.139 e. The molecule has 2 bridgehead atoms. The van der Waals surface area contributed by atoms with Crippen molar-refractivity contribution in [2.24, 2.45) is 29.1 Å². The van der Waals surface area contributed by atoms with E-state index >= 15 is 0 Å². The number of ketones is 1. The number of Topliss-reactive ketones (excluding diaryl/α,β-unsaturated/α-hetero) is 1. The molecule has 28 heavy (non-hydrogen) atoms. The van der Waals surface area contributed by atoms with Crippen molar-refractivity contribution in [3.63, 3.8) is 0 Å². The van der Waals surface area contributed by atoms with Crippen molar-refractivity contribution in [3.8, 4) is 11.8 Å². The number of benzene rings is 1. The number of hydrogen-bond acceptors (Lipinski definition) is 2. The lowest BCUT2D eigenvalue weighted by Gasteiger charge is -2.60. The van der Waals surface area contributed by atoms with Crippen LogP contribution < -0.4 is 0 Å². The van der Waals surface area contributed by atoms with Gasteiger partial charge in [-0.05, 0) is 67.4 Å². The Kier molecular flexibility index (Phi) is 5.93. The molecule has 0 saturated heterocycles. The topological polar surface area (TPSA) is 26.3 Å². The van der Waals surface area contributed by atoms with Crippen molar-refractivity contribution in [2.45, 2.75) is 71.3 Å². The maximum absolute atomic E-state index is 12.7. The zero-order valence-corrected chi connectivity index (χ0v) is 17.5. The molecule has 0 radical (unpaired) electrons. The molecule has 0 unspecified atom stereocenters. The minimum atomic E-state index is -0.258. The van der Waals surface area contributed by atoms with Gasteiger partial charge in [0.2, 0.25) is 0 Å². The molecule has 5 atom stereocenters. The Morgan fingerprint density at radius 3 is 2.68 bits per heavy atom. The molecule has 0 heterocycles. The number of hydrogen-bond donors (Lipinski definition) is 0. The lowest BCUT2D eigenvalue weighted by atomic mass is 9.46. The van der Waals surface area contributed by atoms with Gasteiger partial charge in [0.15, 0.2) is 0 Å². The van der Waals surface area contributed by atoms with Crippen LogP contribution in [0.3, 0.4) is 0 Å². The number of carbonyl (C=O) groups is 1. The van der Waals surface area contributed by atoms with Crippen LogP contribution in [0.2, 0.25) is 0 Å². The van der Waals surface area contributed by atoms with Crippen molar-refractivity contribution in [2.75, 3.05) is 6.61 Å². The summed E-state index contributed by atoms with van der Waals surface area (Å²) >= 11 is 0. The van der Waals surface area contributed by atoms with Gasteiger partial charge in [-0.15, -0.1) is 0 Å². The largest absolute Gasteiger partial charge is 0.364 e. The number of fused-ring (bicyclic) bond motifs is 2. The second kappa shape index (κ2) is 8.42. The van der Waals surface area contributed by atoms with Crippen LogP contribution in [0.25, 0.3) is 0 Å². The molecular weight excluding hydrogens is 344 g/mol. The highest BCUT2D eigenvalue weighted by molar-refractivity contribution is 5.82. The van der Waals surface area contributed by atoms with E-state index in [0.717, 1.165) is 49.7 Å². The molecule has 5 rings (SSSR count). The summed E-state index contributed by atoms with van der Waals surface area (Å²) in [6.45, 7) is 5.62. The van der Waals surface area contributed by atoms with Gasteiger partial charge in [-0.25, -0.2) is 0 Å². The van der Waals surface area contributed by atoms with Crippen LogP contribution >= 0.6 is 0 Å². The summed E-state index contributed by atoms with van der Waals surface area (Å²) < 4.78 is 6.46. The molecule has 0 spiro atoms. The van der Waals surface area contributed by atoms with Crippen molar-refractivity contribution in [3.05, 3.63) is 35.9 Å². The van der Waals surface area contributed by atoms with Crippen LogP contribution in [0.15, 0.2) is 30.3 Å². The van der Waals surface area contributed by atoms with Gasteiger partial charge in [0, 0.05) is 12.0 Å². The van der Waals surface area contributed by atoms with Crippen molar-refractivity contribution in [1.82, 2.24) is 0 Å². The highest BCUT2D eigenvalue weighted by atomic mass is 16.5. The second-order valence-corrected chi connectivity index (χ2v) is 9.76. The van der Waals surface area contributed by atoms with Gasteiger partial charge in [0.25, 0.3) is 0 Å². The van der Waals surface area contributed by atoms with E-state index in [4.69, 9.17) is 4.74 Å². The monoisotopic (exact) mass is 378 g/mol. The first-order valence-electron chi connectivity index (χ1n) is 11.3. The van der Waals surface area contributed by atoms with E-state index in [-0.39, 0.29) is 12.0 Å². The van der Waals surface area contributed by atoms with Crippen LogP contribution in [0.1, 0.15) is 70.8 Å². The smallest absolute Gasteiger partial charge is 0.139 e.